The average molecular weight is 654 g/mol. The Labute approximate surface area is 285 Å². The Morgan fingerprint density at radius 3 is 2.21 bits per heavy atom. The van der Waals surface area contributed by atoms with E-state index in [-0.39, 0.29) is 36.0 Å². The molecule has 3 aromatic carbocycles. The summed E-state index contributed by atoms with van der Waals surface area (Å²) in [6.07, 6.45) is 10.2. The summed E-state index contributed by atoms with van der Waals surface area (Å²) in [6.45, 7) is 6.77. The summed E-state index contributed by atoms with van der Waals surface area (Å²) in [7, 11) is 0. The lowest BCUT2D eigenvalue weighted by molar-refractivity contribution is -0.148. The second-order valence-electron chi connectivity index (χ2n) is 14.7. The van der Waals surface area contributed by atoms with Crippen LogP contribution in [-0.4, -0.2) is 29.6 Å². The van der Waals surface area contributed by atoms with Crippen LogP contribution in [0.5, 0.6) is 11.5 Å². The van der Waals surface area contributed by atoms with Gasteiger partial charge in [-0.2, -0.15) is 0 Å². The van der Waals surface area contributed by atoms with E-state index >= 15 is 0 Å². The highest BCUT2D eigenvalue weighted by atomic mass is 16.5. The Morgan fingerprint density at radius 2 is 1.56 bits per heavy atom. The minimum absolute atomic E-state index is 0.0483. The Kier molecular flexibility index (Phi) is 12.0. The number of benzene rings is 3. The fourth-order valence-electron chi connectivity index (χ4n) is 7.24. The molecule has 7 heteroatoms. The molecule has 48 heavy (non-hydrogen) atoms. The van der Waals surface area contributed by atoms with Crippen LogP contribution in [0, 0.1) is 11.8 Å². The van der Waals surface area contributed by atoms with Gasteiger partial charge in [0.2, 0.25) is 5.91 Å². The normalized spacial score (nSPS) is 15.5. The molecule has 1 saturated carbocycles. The highest BCUT2D eigenvalue weighted by molar-refractivity contribution is 5.93. The van der Waals surface area contributed by atoms with E-state index in [0.29, 0.717) is 13.0 Å². The Balaban J connectivity index is 1.28. The summed E-state index contributed by atoms with van der Waals surface area (Å²) < 4.78 is 11.7. The number of amides is 1. The Bertz CT molecular complexity index is 1520. The number of carbonyl (C=O) groups is 3. The van der Waals surface area contributed by atoms with Crippen molar-refractivity contribution in [3.63, 3.8) is 0 Å². The third-order valence-corrected chi connectivity index (χ3v) is 9.94. The van der Waals surface area contributed by atoms with Gasteiger partial charge in [-0.25, -0.2) is 0 Å². The lowest BCUT2D eigenvalue weighted by atomic mass is 9.82. The predicted octanol–water partition coefficient (Wildman–Crippen LogP) is 9.57. The molecular formula is C41H51NO6. The molecule has 0 bridgehead atoms. The molecule has 7 nitrogen and oxygen atoms in total. The monoisotopic (exact) mass is 653 g/mol. The van der Waals surface area contributed by atoms with Crippen molar-refractivity contribution in [3.05, 3.63) is 89.0 Å². The van der Waals surface area contributed by atoms with Crippen molar-refractivity contribution >= 4 is 23.5 Å². The Morgan fingerprint density at radius 1 is 0.896 bits per heavy atom. The zero-order chi connectivity index (χ0) is 34.1. The van der Waals surface area contributed by atoms with Crippen molar-refractivity contribution in [2.45, 2.75) is 109 Å². The number of para-hydroxylation sites is 2. The zero-order valence-corrected chi connectivity index (χ0v) is 28.8. The third-order valence-electron chi connectivity index (χ3n) is 9.94. The van der Waals surface area contributed by atoms with Crippen molar-refractivity contribution in [2.24, 2.45) is 11.8 Å². The molecule has 1 unspecified atom stereocenters. The SMILES string of the molecule is CC(C)(C)c1ccc(CCC(CCC2CCCCC2)COC(=O)CCC(=O)O)cc1NC(=O)CC1c2ccccc2Oc2ccccc21. The number of carboxylic acid groups (broad SMARTS) is 1. The fraction of sp³-hybridized carbons (Fsp3) is 0.488. The number of hydrogen-bond acceptors (Lipinski definition) is 5. The summed E-state index contributed by atoms with van der Waals surface area (Å²) in [5.74, 6) is 0.887. The molecule has 1 amide bonds. The van der Waals surface area contributed by atoms with E-state index < -0.39 is 11.9 Å². The van der Waals surface area contributed by atoms with E-state index in [9.17, 15) is 14.4 Å². The van der Waals surface area contributed by atoms with E-state index in [1.807, 2.05) is 48.5 Å². The topological polar surface area (TPSA) is 102 Å². The largest absolute Gasteiger partial charge is 0.481 e. The summed E-state index contributed by atoms with van der Waals surface area (Å²) in [4.78, 5) is 37.0. The number of anilines is 1. The minimum atomic E-state index is -0.996. The molecule has 0 radical (unpaired) electrons. The molecule has 0 saturated heterocycles. The molecule has 3 aromatic rings. The second-order valence-corrected chi connectivity index (χ2v) is 14.7. The van der Waals surface area contributed by atoms with Gasteiger partial charge >= 0.3 is 11.9 Å². The van der Waals surface area contributed by atoms with Gasteiger partial charge < -0.3 is 19.9 Å². The summed E-state index contributed by atoms with van der Waals surface area (Å²) in [5.41, 5.74) is 4.88. The molecule has 1 aliphatic carbocycles. The smallest absolute Gasteiger partial charge is 0.306 e. The van der Waals surface area contributed by atoms with E-state index in [0.717, 1.165) is 71.0 Å². The predicted molar refractivity (Wildman–Crippen MR) is 189 cm³/mol. The maximum absolute atomic E-state index is 13.8. The zero-order valence-electron chi connectivity index (χ0n) is 28.8. The van der Waals surface area contributed by atoms with E-state index in [1.165, 1.54) is 32.1 Å². The fourth-order valence-corrected chi connectivity index (χ4v) is 7.24. The number of carboxylic acids is 1. The van der Waals surface area contributed by atoms with Crippen LogP contribution in [0.3, 0.4) is 0 Å². The van der Waals surface area contributed by atoms with Gasteiger partial charge in [0.15, 0.2) is 0 Å². The minimum Gasteiger partial charge on any atom is -0.481 e. The van der Waals surface area contributed by atoms with Crippen LogP contribution in [0.25, 0.3) is 0 Å². The first-order valence-electron chi connectivity index (χ1n) is 17.7. The van der Waals surface area contributed by atoms with E-state index in [1.54, 1.807) is 0 Å². The molecular weight excluding hydrogens is 602 g/mol. The van der Waals surface area contributed by atoms with Gasteiger partial charge in [0.1, 0.15) is 11.5 Å². The number of esters is 1. The van der Waals surface area contributed by atoms with Crippen LogP contribution in [0.4, 0.5) is 5.69 Å². The van der Waals surface area contributed by atoms with Crippen molar-refractivity contribution in [3.8, 4) is 11.5 Å². The number of aryl methyl sites for hydroxylation is 1. The summed E-state index contributed by atoms with van der Waals surface area (Å²) in [5, 5.41) is 12.2. The van der Waals surface area contributed by atoms with Gasteiger partial charge in [-0.15, -0.1) is 0 Å². The number of aliphatic carboxylic acids is 1. The molecule has 5 rings (SSSR count). The van der Waals surface area contributed by atoms with Gasteiger partial charge in [-0.1, -0.05) is 108 Å². The highest BCUT2D eigenvalue weighted by Gasteiger charge is 2.29. The molecule has 1 atom stereocenters. The molecule has 1 heterocycles. The lowest BCUT2D eigenvalue weighted by Crippen LogP contribution is -2.22. The van der Waals surface area contributed by atoms with Crippen LogP contribution in [-0.2, 0) is 31.0 Å². The quantitative estimate of drug-likeness (QED) is 0.168. The van der Waals surface area contributed by atoms with Crippen molar-refractivity contribution in [2.75, 3.05) is 11.9 Å². The maximum atomic E-state index is 13.8. The number of nitrogens with one attached hydrogen (secondary N) is 1. The van der Waals surface area contributed by atoms with Crippen molar-refractivity contribution < 1.29 is 29.0 Å². The van der Waals surface area contributed by atoms with Crippen LogP contribution in [0.15, 0.2) is 66.7 Å². The molecule has 1 fully saturated rings. The molecule has 2 aliphatic rings. The maximum Gasteiger partial charge on any atom is 0.306 e. The standard InChI is InChI=1S/C41H51NO6/c1-41(2,3)34-22-21-29(18-20-30(19-17-28-11-5-4-6-12-28)27-47-40(46)24-23-39(44)45)25-35(34)42-38(43)26-33-31-13-7-9-15-36(31)48-37-16-10-8-14-32(33)37/h7-10,13-16,21-22,25,28,30,33H,4-6,11-12,17-20,23-24,26-27H2,1-3H3,(H,42,43)(H,44,45). The lowest BCUT2D eigenvalue weighted by Gasteiger charge is -2.28. The van der Waals surface area contributed by atoms with E-state index in [4.69, 9.17) is 14.6 Å². The number of carbonyl (C=O) groups excluding carboxylic acids is 2. The van der Waals surface area contributed by atoms with E-state index in [2.05, 4.69) is 44.3 Å². The summed E-state index contributed by atoms with van der Waals surface area (Å²) in [6, 6.07) is 22.3. The highest BCUT2D eigenvalue weighted by Crippen LogP contribution is 2.45. The Hall–Kier alpha value is -4.13. The van der Waals surface area contributed by atoms with Crippen molar-refractivity contribution in [1.82, 2.24) is 0 Å². The average Bonchev–Trinajstić information content (AvgIpc) is 3.06. The molecule has 0 aromatic heterocycles. The van der Waals surface area contributed by atoms with Gasteiger partial charge in [-0.3, -0.25) is 14.4 Å². The van der Waals surface area contributed by atoms with Gasteiger partial charge in [0.25, 0.3) is 0 Å². The molecule has 2 N–H and O–H groups in total. The number of fused-ring (bicyclic) bond motifs is 2. The van der Waals surface area contributed by atoms with Gasteiger partial charge in [0.05, 0.1) is 19.4 Å². The summed E-state index contributed by atoms with van der Waals surface area (Å²) >= 11 is 0. The van der Waals surface area contributed by atoms with Crippen LogP contribution in [0.2, 0.25) is 0 Å². The molecule has 1 aliphatic heterocycles. The second kappa shape index (κ2) is 16.3. The molecule has 0 spiro atoms. The molecule has 256 valence electrons. The van der Waals surface area contributed by atoms with Crippen molar-refractivity contribution in [1.29, 1.82) is 0 Å². The first-order valence-corrected chi connectivity index (χ1v) is 17.7. The first kappa shape index (κ1) is 35.2. The van der Waals surface area contributed by atoms with Crippen LogP contribution >= 0.6 is 0 Å². The number of hydrogen-bond donors (Lipinski definition) is 2. The van der Waals surface area contributed by atoms with Crippen LogP contribution in [0.1, 0.15) is 120 Å². The third kappa shape index (κ3) is 9.71. The van der Waals surface area contributed by atoms with Gasteiger partial charge in [-0.05, 0) is 65.8 Å². The first-order chi connectivity index (χ1) is 23.1. The number of rotatable bonds is 14. The van der Waals surface area contributed by atoms with Gasteiger partial charge in [0, 0.05) is 29.2 Å². The number of ether oxygens (including phenoxy) is 2. The van der Waals surface area contributed by atoms with Crippen LogP contribution < -0.4 is 10.1 Å².